The summed E-state index contributed by atoms with van der Waals surface area (Å²) in [6.45, 7) is 5.18. The molecule has 0 spiro atoms. The molecule has 7 rings (SSSR count). The van der Waals surface area contributed by atoms with Crippen molar-refractivity contribution in [2.75, 3.05) is 32.2 Å². The molecule has 3 aromatic rings. The lowest BCUT2D eigenvalue weighted by molar-refractivity contribution is -0.384. The first-order chi connectivity index (χ1) is 28.4. The van der Waals surface area contributed by atoms with Gasteiger partial charge in [-0.2, -0.15) is 11.8 Å². The number of thioether (sulfide) groups is 1. The summed E-state index contributed by atoms with van der Waals surface area (Å²) in [5.74, 6) is 1.11. The van der Waals surface area contributed by atoms with E-state index in [9.17, 15) is 20.3 Å². The number of unbranched alkanes of at least 4 members (excludes halogenated alkanes) is 2. The van der Waals surface area contributed by atoms with Gasteiger partial charge in [0.25, 0.3) is 5.69 Å². The van der Waals surface area contributed by atoms with Gasteiger partial charge in [0, 0.05) is 56.0 Å². The van der Waals surface area contributed by atoms with E-state index in [0.717, 1.165) is 74.0 Å². The molecule has 3 heterocycles. The van der Waals surface area contributed by atoms with E-state index in [0.29, 0.717) is 43.1 Å². The third kappa shape index (κ3) is 9.61. The molecule has 2 aliphatic carbocycles. The lowest BCUT2D eigenvalue weighted by Crippen LogP contribution is -2.64. The maximum absolute atomic E-state index is 11.6. The van der Waals surface area contributed by atoms with Crippen molar-refractivity contribution in [1.29, 1.82) is 0 Å². The smallest absolute Gasteiger partial charge is 0.273 e. The van der Waals surface area contributed by atoms with E-state index >= 15 is 0 Å². The Morgan fingerprint density at radius 3 is 2.60 bits per heavy atom. The van der Waals surface area contributed by atoms with Crippen LogP contribution < -0.4 is 9.47 Å². The van der Waals surface area contributed by atoms with Crippen molar-refractivity contribution in [3.8, 4) is 17.2 Å². The highest BCUT2D eigenvalue weighted by Gasteiger charge is 2.64. The molecule has 1 aromatic heterocycles. The number of fused-ring (bicyclic) bond motifs is 2. The number of hydrogen-bond acceptors (Lipinski definition) is 12. The summed E-state index contributed by atoms with van der Waals surface area (Å²) in [6.07, 6.45) is 16.3. The van der Waals surface area contributed by atoms with Crippen LogP contribution >= 0.6 is 11.8 Å². The lowest BCUT2D eigenvalue weighted by atomic mass is 9.56. The number of ether oxygens (including phenoxy) is 4. The number of benzene rings is 2. The largest absolute Gasteiger partial charge is 0.460 e. The molecule has 2 N–H and O–H groups in total. The van der Waals surface area contributed by atoms with Gasteiger partial charge in [-0.25, -0.2) is 0 Å². The molecule has 310 valence electrons. The van der Waals surface area contributed by atoms with Gasteiger partial charge in [0.15, 0.2) is 0 Å². The van der Waals surface area contributed by atoms with Crippen molar-refractivity contribution in [2.45, 2.75) is 93.9 Å². The van der Waals surface area contributed by atoms with Crippen LogP contribution in [0, 0.1) is 27.9 Å². The second-order valence-electron chi connectivity index (χ2n) is 15.5. The van der Waals surface area contributed by atoms with Crippen molar-refractivity contribution in [2.24, 2.45) is 22.9 Å². The summed E-state index contributed by atoms with van der Waals surface area (Å²) in [4.78, 5) is 21.6. The number of nitro groups is 1. The molecule has 2 aliphatic heterocycles. The highest BCUT2D eigenvalue weighted by molar-refractivity contribution is 8.00. The molecule has 0 amide bonds. The van der Waals surface area contributed by atoms with Gasteiger partial charge in [-0.3, -0.25) is 15.1 Å². The van der Waals surface area contributed by atoms with Crippen molar-refractivity contribution in [3.63, 3.8) is 0 Å². The zero-order valence-electron chi connectivity index (χ0n) is 33.0. The van der Waals surface area contributed by atoms with Crippen LogP contribution in [0.15, 0.2) is 96.5 Å². The standard InChI is InChI=1S/C45H55N3O9S/c1-2-24-54-45-41(58-26-19-31-17-20-46-21-18-31)30-39(47-57-42-14-5-8-25-53-42)37-27-32(10-3-6-22-49)36(13-4-7-23-50)43(44(37)45)38-29-35(15-16-40(38)56-45)55-34-12-9-11-33(28-34)48(51)52/h2,9,11-12,15-18,20-21,27-29,32,36,41-44,49-50H,1,3-8,10,13-14,19,22-26,30H2/t32-,36+,41-,42?,43+,44+,45+/m0/s1. The van der Waals surface area contributed by atoms with Crippen LogP contribution in [0.5, 0.6) is 17.2 Å². The molecule has 7 atom stereocenters. The maximum Gasteiger partial charge on any atom is 0.273 e. The van der Waals surface area contributed by atoms with Crippen LogP contribution in [0.25, 0.3) is 0 Å². The second kappa shape index (κ2) is 20.1. The van der Waals surface area contributed by atoms with Crippen LogP contribution in [0.4, 0.5) is 5.69 Å². The number of aryl methyl sites for hydroxylation is 1. The first-order valence-electron chi connectivity index (χ1n) is 20.7. The number of hydrogen-bond donors (Lipinski definition) is 2. The van der Waals surface area contributed by atoms with Gasteiger partial charge in [-0.05, 0) is 110 Å². The predicted molar refractivity (Wildman–Crippen MR) is 223 cm³/mol. The van der Waals surface area contributed by atoms with Crippen molar-refractivity contribution < 1.29 is 38.9 Å². The normalized spacial score (nSPS) is 26.8. The number of aliphatic hydroxyl groups is 2. The van der Waals surface area contributed by atoms with E-state index in [1.165, 1.54) is 17.7 Å². The first-order valence-corrected chi connectivity index (χ1v) is 21.8. The Morgan fingerprint density at radius 1 is 1.03 bits per heavy atom. The highest BCUT2D eigenvalue weighted by atomic mass is 32.2. The quantitative estimate of drug-likeness (QED) is 0.0486. The molecule has 58 heavy (non-hydrogen) atoms. The molecule has 13 heteroatoms. The molecule has 1 saturated heterocycles. The fraction of sp³-hybridized carbons (Fsp3) is 0.511. The number of rotatable bonds is 20. The zero-order chi connectivity index (χ0) is 40.3. The fourth-order valence-corrected chi connectivity index (χ4v) is 10.5. The van der Waals surface area contributed by atoms with Crippen LogP contribution in [0.1, 0.15) is 81.3 Å². The molecule has 2 aromatic carbocycles. The zero-order valence-corrected chi connectivity index (χ0v) is 33.8. The van der Waals surface area contributed by atoms with Crippen LogP contribution in [0.2, 0.25) is 0 Å². The summed E-state index contributed by atoms with van der Waals surface area (Å²) in [5.41, 5.74) is 4.01. The number of aromatic nitrogens is 1. The Bertz CT molecular complexity index is 1900. The third-order valence-electron chi connectivity index (χ3n) is 11.8. The topological polar surface area (TPSA) is 155 Å². The first kappa shape index (κ1) is 41.9. The maximum atomic E-state index is 11.6. The van der Waals surface area contributed by atoms with E-state index < -0.39 is 17.0 Å². The SMILES string of the molecule is C=CCO[C@@]12Oc3ccc(Oc4cccc([N+](=O)[O-])c4)cc3[C@H]3[C@H](CCCCO)[C@@H](CCCCO)C=C(C(=NOC4CCCCO4)C[C@@H]1SCCc1ccncc1)[C@H]32. The number of aliphatic hydroxyl groups excluding tert-OH is 2. The summed E-state index contributed by atoms with van der Waals surface area (Å²) in [6, 6.07) is 16.1. The number of oxime groups is 1. The van der Waals surface area contributed by atoms with Crippen LogP contribution in [-0.4, -0.2) is 75.3 Å². The average molecular weight is 814 g/mol. The van der Waals surface area contributed by atoms with E-state index in [-0.39, 0.29) is 54.4 Å². The number of allylic oxidation sites excluding steroid dienone is 1. The third-order valence-corrected chi connectivity index (χ3v) is 13.1. The fourth-order valence-electron chi connectivity index (χ4n) is 9.12. The van der Waals surface area contributed by atoms with E-state index in [1.807, 2.05) is 54.5 Å². The molecule has 0 bridgehead atoms. The number of non-ortho nitro benzene ring substituents is 1. The Labute approximate surface area is 344 Å². The average Bonchev–Trinajstić information content (AvgIpc) is 3.25. The number of pyridine rings is 1. The molecule has 4 aliphatic rings. The van der Waals surface area contributed by atoms with Gasteiger partial charge in [-0.15, -0.1) is 6.58 Å². The minimum absolute atomic E-state index is 0.0537. The molecular formula is C45H55N3O9S. The van der Waals surface area contributed by atoms with Gasteiger partial charge >= 0.3 is 0 Å². The Kier molecular flexibility index (Phi) is 14.5. The van der Waals surface area contributed by atoms with Crippen LogP contribution in [0.3, 0.4) is 0 Å². The molecule has 0 radical (unpaired) electrons. The number of nitro benzene ring substituents is 1. The van der Waals surface area contributed by atoms with Gasteiger partial charge in [0.05, 0.1) is 41.1 Å². The Hall–Kier alpha value is -4.27. The monoisotopic (exact) mass is 813 g/mol. The van der Waals surface area contributed by atoms with Crippen molar-refractivity contribution in [1.82, 2.24) is 4.98 Å². The predicted octanol–water partition coefficient (Wildman–Crippen LogP) is 8.92. The molecular weight excluding hydrogens is 759 g/mol. The van der Waals surface area contributed by atoms with Gasteiger partial charge in [0.2, 0.25) is 12.1 Å². The summed E-state index contributed by atoms with van der Waals surface area (Å²) in [7, 11) is 0. The molecule has 1 unspecified atom stereocenters. The van der Waals surface area contributed by atoms with Gasteiger partial charge in [0.1, 0.15) is 17.2 Å². The molecule has 12 nitrogen and oxygen atoms in total. The van der Waals surface area contributed by atoms with Crippen molar-refractivity contribution >= 4 is 23.2 Å². The molecule has 2 fully saturated rings. The lowest BCUT2D eigenvalue weighted by Gasteiger charge is -2.58. The van der Waals surface area contributed by atoms with E-state index in [1.54, 1.807) is 18.2 Å². The number of nitrogens with zero attached hydrogens (tertiary/aromatic N) is 3. The highest BCUT2D eigenvalue weighted by Crippen LogP contribution is 2.62. The summed E-state index contributed by atoms with van der Waals surface area (Å²) >= 11 is 1.81. The molecule has 1 saturated carbocycles. The van der Waals surface area contributed by atoms with Crippen LogP contribution in [-0.2, 0) is 20.7 Å². The van der Waals surface area contributed by atoms with Gasteiger partial charge in [-0.1, -0.05) is 36.2 Å². The second-order valence-corrected chi connectivity index (χ2v) is 16.8. The minimum atomic E-state index is -1.10. The van der Waals surface area contributed by atoms with E-state index in [2.05, 4.69) is 17.6 Å². The van der Waals surface area contributed by atoms with E-state index in [4.69, 9.17) is 28.9 Å². The van der Waals surface area contributed by atoms with Gasteiger partial charge < -0.3 is 34.0 Å². The van der Waals surface area contributed by atoms with Crippen molar-refractivity contribution in [3.05, 3.63) is 113 Å². The summed E-state index contributed by atoms with van der Waals surface area (Å²) in [5, 5.41) is 36.1. The Morgan fingerprint density at radius 2 is 1.84 bits per heavy atom. The Balaban J connectivity index is 1.36. The summed E-state index contributed by atoms with van der Waals surface area (Å²) < 4.78 is 26.6. The minimum Gasteiger partial charge on any atom is -0.460 e.